The SMILES string of the molecule is CC1CN(CC=CCS)CCCO1. The highest BCUT2D eigenvalue weighted by Crippen LogP contribution is 2.04. The normalized spacial score (nSPS) is 26.5. The van der Waals surface area contributed by atoms with Gasteiger partial charge in [0.1, 0.15) is 0 Å². The van der Waals surface area contributed by atoms with Crippen LogP contribution in [0.1, 0.15) is 13.3 Å². The molecule has 1 unspecified atom stereocenters. The van der Waals surface area contributed by atoms with Crippen molar-refractivity contribution >= 4 is 12.6 Å². The van der Waals surface area contributed by atoms with Gasteiger partial charge in [0.2, 0.25) is 0 Å². The Morgan fingerprint density at radius 1 is 1.54 bits per heavy atom. The smallest absolute Gasteiger partial charge is 0.0674 e. The van der Waals surface area contributed by atoms with Crippen LogP contribution in [0.5, 0.6) is 0 Å². The number of hydrogen-bond acceptors (Lipinski definition) is 3. The van der Waals surface area contributed by atoms with E-state index in [9.17, 15) is 0 Å². The van der Waals surface area contributed by atoms with Crippen molar-refractivity contribution in [2.24, 2.45) is 0 Å². The summed E-state index contributed by atoms with van der Waals surface area (Å²) in [5.41, 5.74) is 0. The van der Waals surface area contributed by atoms with Crippen molar-refractivity contribution in [2.75, 3.05) is 32.0 Å². The first-order valence-corrected chi connectivity index (χ1v) is 5.56. The van der Waals surface area contributed by atoms with Crippen LogP contribution in [-0.4, -0.2) is 43.0 Å². The summed E-state index contributed by atoms with van der Waals surface area (Å²) >= 11 is 4.13. The average molecular weight is 201 g/mol. The van der Waals surface area contributed by atoms with Crippen LogP contribution in [0.2, 0.25) is 0 Å². The number of rotatable bonds is 3. The zero-order chi connectivity index (χ0) is 9.52. The lowest BCUT2D eigenvalue weighted by Gasteiger charge is -2.19. The molecule has 2 nitrogen and oxygen atoms in total. The second kappa shape index (κ2) is 6.46. The molecule has 0 aromatic carbocycles. The Balaban J connectivity index is 2.26. The van der Waals surface area contributed by atoms with Crippen molar-refractivity contribution in [1.82, 2.24) is 4.90 Å². The fourth-order valence-corrected chi connectivity index (χ4v) is 1.69. The first-order valence-electron chi connectivity index (χ1n) is 4.92. The Kier molecular flexibility index (Phi) is 5.51. The third-order valence-corrected chi connectivity index (χ3v) is 2.38. The molecule has 13 heavy (non-hydrogen) atoms. The highest BCUT2D eigenvalue weighted by molar-refractivity contribution is 7.80. The van der Waals surface area contributed by atoms with Gasteiger partial charge in [0.05, 0.1) is 6.10 Å². The van der Waals surface area contributed by atoms with Crippen LogP contribution in [0.4, 0.5) is 0 Å². The van der Waals surface area contributed by atoms with Crippen molar-refractivity contribution in [3.63, 3.8) is 0 Å². The second-order valence-corrected chi connectivity index (χ2v) is 3.81. The van der Waals surface area contributed by atoms with Gasteiger partial charge in [-0.3, -0.25) is 4.90 Å². The van der Waals surface area contributed by atoms with Crippen LogP contribution >= 0.6 is 12.6 Å². The second-order valence-electron chi connectivity index (χ2n) is 3.45. The average Bonchev–Trinajstić information content (AvgIpc) is 2.31. The Labute approximate surface area is 86.4 Å². The molecule has 0 aliphatic carbocycles. The number of hydrogen-bond donors (Lipinski definition) is 1. The van der Waals surface area contributed by atoms with E-state index in [1.807, 2.05) is 0 Å². The maximum absolute atomic E-state index is 5.56. The Morgan fingerprint density at radius 2 is 2.38 bits per heavy atom. The molecule has 0 N–H and O–H groups in total. The lowest BCUT2D eigenvalue weighted by atomic mass is 10.3. The van der Waals surface area contributed by atoms with Gasteiger partial charge in [-0.1, -0.05) is 12.2 Å². The number of nitrogens with zero attached hydrogens (tertiary/aromatic N) is 1. The third-order valence-electron chi connectivity index (χ3n) is 2.17. The van der Waals surface area contributed by atoms with Crippen LogP contribution in [0.3, 0.4) is 0 Å². The fourth-order valence-electron chi connectivity index (χ4n) is 1.54. The van der Waals surface area contributed by atoms with E-state index < -0.39 is 0 Å². The van der Waals surface area contributed by atoms with Crippen molar-refractivity contribution in [1.29, 1.82) is 0 Å². The summed E-state index contributed by atoms with van der Waals surface area (Å²) in [6, 6.07) is 0. The molecule has 3 heteroatoms. The monoisotopic (exact) mass is 201 g/mol. The van der Waals surface area contributed by atoms with E-state index in [4.69, 9.17) is 4.74 Å². The van der Waals surface area contributed by atoms with Crippen LogP contribution in [-0.2, 0) is 4.74 Å². The molecule has 1 saturated heterocycles. The first-order chi connectivity index (χ1) is 6.33. The van der Waals surface area contributed by atoms with E-state index in [2.05, 4.69) is 36.6 Å². The summed E-state index contributed by atoms with van der Waals surface area (Å²) in [4.78, 5) is 2.43. The largest absolute Gasteiger partial charge is 0.377 e. The van der Waals surface area contributed by atoms with E-state index in [0.717, 1.165) is 38.4 Å². The van der Waals surface area contributed by atoms with Crippen LogP contribution < -0.4 is 0 Å². The van der Waals surface area contributed by atoms with Gasteiger partial charge in [-0.25, -0.2) is 0 Å². The topological polar surface area (TPSA) is 12.5 Å². The van der Waals surface area contributed by atoms with Crippen LogP contribution in [0.15, 0.2) is 12.2 Å². The van der Waals surface area contributed by atoms with Gasteiger partial charge in [0, 0.05) is 32.0 Å². The molecule has 1 aliphatic heterocycles. The maximum Gasteiger partial charge on any atom is 0.0674 e. The quantitative estimate of drug-likeness (QED) is 0.550. The molecule has 1 fully saturated rings. The minimum Gasteiger partial charge on any atom is -0.377 e. The zero-order valence-electron chi connectivity index (χ0n) is 8.28. The molecule has 0 saturated carbocycles. The Morgan fingerprint density at radius 3 is 3.15 bits per heavy atom. The summed E-state index contributed by atoms with van der Waals surface area (Å²) in [5.74, 6) is 0.833. The summed E-state index contributed by atoms with van der Waals surface area (Å²) in [6.07, 6.45) is 5.82. The summed E-state index contributed by atoms with van der Waals surface area (Å²) < 4.78 is 5.56. The van der Waals surface area contributed by atoms with Crippen LogP contribution in [0, 0.1) is 0 Å². The van der Waals surface area contributed by atoms with Crippen molar-refractivity contribution < 1.29 is 4.74 Å². The molecule has 0 aromatic rings. The van der Waals surface area contributed by atoms with E-state index in [0.29, 0.717) is 6.10 Å². The van der Waals surface area contributed by atoms with E-state index in [-0.39, 0.29) is 0 Å². The van der Waals surface area contributed by atoms with E-state index in [1.54, 1.807) is 0 Å². The maximum atomic E-state index is 5.56. The predicted molar refractivity (Wildman–Crippen MR) is 59.5 cm³/mol. The molecule has 0 radical (unpaired) electrons. The van der Waals surface area contributed by atoms with Crippen LogP contribution in [0.25, 0.3) is 0 Å². The Bertz CT molecular complexity index is 161. The standard InChI is InChI=1S/C10H19NOS/c1-10-9-11(5-2-3-8-13)6-4-7-12-10/h2-3,10,13H,4-9H2,1H3. The number of thiol groups is 1. The number of ether oxygens (including phenoxy) is 1. The minimum absolute atomic E-state index is 0.381. The molecule has 0 amide bonds. The minimum atomic E-state index is 0.381. The third kappa shape index (κ3) is 4.69. The molecule has 0 bridgehead atoms. The molecule has 1 rings (SSSR count). The van der Waals surface area contributed by atoms with E-state index >= 15 is 0 Å². The first kappa shape index (κ1) is 11.1. The summed E-state index contributed by atoms with van der Waals surface area (Å²) in [6.45, 7) is 6.29. The molecule has 1 heterocycles. The van der Waals surface area contributed by atoms with Gasteiger partial charge in [-0.2, -0.15) is 12.6 Å². The zero-order valence-corrected chi connectivity index (χ0v) is 9.17. The van der Waals surface area contributed by atoms with Crippen molar-refractivity contribution in [3.05, 3.63) is 12.2 Å². The molecule has 0 spiro atoms. The Hall–Kier alpha value is 0.01000. The van der Waals surface area contributed by atoms with Gasteiger partial charge in [0.25, 0.3) is 0 Å². The lowest BCUT2D eigenvalue weighted by Crippen LogP contribution is -2.30. The molecule has 1 aliphatic rings. The summed E-state index contributed by atoms with van der Waals surface area (Å²) in [7, 11) is 0. The molecular weight excluding hydrogens is 182 g/mol. The van der Waals surface area contributed by atoms with Crippen molar-refractivity contribution in [2.45, 2.75) is 19.4 Å². The van der Waals surface area contributed by atoms with Gasteiger partial charge in [-0.05, 0) is 13.3 Å². The lowest BCUT2D eigenvalue weighted by molar-refractivity contribution is 0.0692. The molecule has 76 valence electrons. The molecule has 1 atom stereocenters. The highest BCUT2D eigenvalue weighted by Gasteiger charge is 2.12. The summed E-state index contributed by atoms with van der Waals surface area (Å²) in [5, 5.41) is 0. The predicted octanol–water partition coefficient (Wildman–Crippen LogP) is 1.58. The van der Waals surface area contributed by atoms with E-state index in [1.165, 1.54) is 0 Å². The van der Waals surface area contributed by atoms with Crippen molar-refractivity contribution in [3.8, 4) is 0 Å². The molecular formula is C10H19NOS. The molecule has 0 aromatic heterocycles. The van der Waals surface area contributed by atoms with Gasteiger partial charge >= 0.3 is 0 Å². The fraction of sp³-hybridized carbons (Fsp3) is 0.800. The van der Waals surface area contributed by atoms with Gasteiger partial charge < -0.3 is 4.74 Å². The highest BCUT2D eigenvalue weighted by atomic mass is 32.1. The van der Waals surface area contributed by atoms with Gasteiger partial charge in [0.15, 0.2) is 0 Å². The van der Waals surface area contributed by atoms with Gasteiger partial charge in [-0.15, -0.1) is 0 Å².